The van der Waals surface area contributed by atoms with Gasteiger partial charge in [-0.15, -0.1) is 6.58 Å². The highest BCUT2D eigenvalue weighted by Gasteiger charge is 2.22. The summed E-state index contributed by atoms with van der Waals surface area (Å²) in [5.41, 5.74) is 0.887. The maximum atomic E-state index is 12.7. The second-order valence-corrected chi connectivity index (χ2v) is 8.68. The Hall–Kier alpha value is -2.19. The fraction of sp³-hybridized carbons (Fsp3) is 0.304. The number of hydrogen-bond acceptors (Lipinski definition) is 3. The first kappa shape index (κ1) is 26.8. The minimum atomic E-state index is -1.25. The van der Waals surface area contributed by atoms with E-state index in [4.69, 9.17) is 5.11 Å². The molecule has 0 amide bonds. The van der Waals surface area contributed by atoms with Gasteiger partial charge in [-0.05, 0) is 61.6 Å². The highest BCUT2D eigenvalue weighted by Crippen LogP contribution is 2.30. The van der Waals surface area contributed by atoms with Gasteiger partial charge in [-0.1, -0.05) is 45.4 Å². The van der Waals surface area contributed by atoms with Crippen LogP contribution < -0.4 is 4.90 Å². The van der Waals surface area contributed by atoms with E-state index in [2.05, 4.69) is 43.3 Å². The predicted octanol–water partition coefficient (Wildman–Crippen LogP) is 6.86. The summed E-state index contributed by atoms with van der Waals surface area (Å²) in [7, 11) is 0. The van der Waals surface area contributed by atoms with E-state index in [9.17, 15) is 19.1 Å². The van der Waals surface area contributed by atoms with Crippen molar-refractivity contribution < 1.29 is 24.2 Å². The van der Waals surface area contributed by atoms with Crippen molar-refractivity contribution in [3.63, 3.8) is 0 Å². The number of hydrogen-bond donors (Lipinski definition) is 2. The third kappa shape index (κ3) is 7.78. The Morgan fingerprint density at radius 1 is 1.03 bits per heavy atom. The second-order valence-electron chi connectivity index (χ2n) is 6.85. The normalized spacial score (nSPS) is 13.5. The Morgan fingerprint density at radius 3 is 2.03 bits per heavy atom. The molecule has 1 aliphatic heterocycles. The zero-order valence-corrected chi connectivity index (χ0v) is 19.3. The van der Waals surface area contributed by atoms with Gasteiger partial charge in [0.15, 0.2) is 0 Å². The van der Waals surface area contributed by atoms with Gasteiger partial charge in [-0.25, -0.2) is 14.0 Å². The monoisotopic (exact) mass is 557 g/mol. The summed E-state index contributed by atoms with van der Waals surface area (Å²) in [6.07, 6.45) is 5.22. The molecule has 8 heteroatoms. The van der Waals surface area contributed by atoms with Gasteiger partial charge >= 0.3 is 11.9 Å². The second kappa shape index (κ2) is 12.6. The van der Waals surface area contributed by atoms with Crippen LogP contribution in [0.15, 0.2) is 58.0 Å². The summed E-state index contributed by atoms with van der Waals surface area (Å²) < 4.78 is 14.1. The predicted molar refractivity (Wildman–Crippen MR) is 129 cm³/mol. The van der Waals surface area contributed by atoms with Crippen LogP contribution in [0.3, 0.4) is 0 Å². The Balaban J connectivity index is 0.000000344. The number of rotatable bonds is 5. The lowest BCUT2D eigenvalue weighted by molar-refractivity contribution is 0.0683. The first-order valence-corrected chi connectivity index (χ1v) is 10.9. The van der Waals surface area contributed by atoms with Crippen molar-refractivity contribution in [2.75, 3.05) is 18.0 Å². The lowest BCUT2D eigenvalue weighted by Crippen LogP contribution is -2.34. The molecule has 1 saturated heterocycles. The van der Waals surface area contributed by atoms with Crippen LogP contribution in [0.1, 0.15) is 47.4 Å². The van der Waals surface area contributed by atoms with E-state index in [1.807, 2.05) is 12.1 Å². The molecule has 1 aliphatic rings. The summed E-state index contributed by atoms with van der Waals surface area (Å²) in [5, 5.41) is 17.7. The molecule has 0 aromatic heterocycles. The van der Waals surface area contributed by atoms with Crippen LogP contribution in [0.4, 0.5) is 10.1 Å². The number of nitrogens with zero attached hydrogens (tertiary/aromatic N) is 1. The molecule has 2 aromatic rings. The molecular weight excluding hydrogens is 533 g/mol. The zero-order chi connectivity index (χ0) is 22.3. The van der Waals surface area contributed by atoms with Crippen molar-refractivity contribution >= 4 is 49.5 Å². The molecule has 2 N–H and O–H groups in total. The van der Waals surface area contributed by atoms with Gasteiger partial charge in [0.05, 0.1) is 16.8 Å². The maximum absolute atomic E-state index is 12.7. The maximum Gasteiger partial charge on any atom is 0.338 e. The quantitative estimate of drug-likeness (QED) is 0.392. The van der Waals surface area contributed by atoms with Crippen LogP contribution in [0.5, 0.6) is 0 Å². The van der Waals surface area contributed by atoms with Gasteiger partial charge in [-0.3, -0.25) is 0 Å². The van der Waals surface area contributed by atoms with E-state index >= 15 is 0 Å². The molecule has 31 heavy (non-hydrogen) atoms. The van der Waals surface area contributed by atoms with Gasteiger partial charge < -0.3 is 15.1 Å². The highest BCUT2D eigenvalue weighted by atomic mass is 79.9. The number of piperidine rings is 1. The largest absolute Gasteiger partial charge is 0.478 e. The van der Waals surface area contributed by atoms with E-state index < -0.39 is 17.8 Å². The molecule has 0 saturated carbocycles. The van der Waals surface area contributed by atoms with Crippen LogP contribution in [-0.4, -0.2) is 35.2 Å². The fourth-order valence-electron chi connectivity index (χ4n) is 3.26. The Bertz CT molecular complexity index is 928. The molecule has 5 nitrogen and oxygen atoms in total. The topological polar surface area (TPSA) is 77.8 Å². The molecule has 3 rings (SSSR count). The first-order chi connectivity index (χ1) is 14.2. The molecule has 0 radical (unpaired) electrons. The molecule has 0 spiro atoms. The third-order valence-electron chi connectivity index (χ3n) is 4.81. The van der Waals surface area contributed by atoms with Crippen molar-refractivity contribution in [3.8, 4) is 0 Å². The van der Waals surface area contributed by atoms with Crippen LogP contribution in [0.2, 0.25) is 0 Å². The highest BCUT2D eigenvalue weighted by molar-refractivity contribution is 9.10. The molecule has 0 bridgehead atoms. The minimum Gasteiger partial charge on any atom is -0.478 e. The lowest BCUT2D eigenvalue weighted by Gasteiger charge is -2.34. The van der Waals surface area contributed by atoms with Crippen molar-refractivity contribution in [3.05, 3.63) is 74.9 Å². The van der Waals surface area contributed by atoms with E-state index in [0.717, 1.165) is 48.6 Å². The van der Waals surface area contributed by atoms with E-state index in [1.54, 1.807) is 12.1 Å². The number of anilines is 1. The molecular formula is C23H26Br2FNO4. The number of carboxylic acids is 2. The molecule has 0 unspecified atom stereocenters. The molecule has 0 atom stereocenters. The van der Waals surface area contributed by atoms with Crippen molar-refractivity contribution in [2.45, 2.75) is 26.7 Å². The molecule has 2 aromatic carbocycles. The number of carbonyl (C=O) groups is 2. The number of aromatic carboxylic acids is 2. The number of halogens is 3. The number of carboxylic acid groups (broad SMARTS) is 2. The molecule has 1 fully saturated rings. The number of benzene rings is 2. The summed E-state index contributed by atoms with van der Waals surface area (Å²) in [6.45, 7) is 5.61. The van der Waals surface area contributed by atoms with Crippen LogP contribution in [0, 0.1) is 11.7 Å². The summed E-state index contributed by atoms with van der Waals surface area (Å²) in [5.74, 6) is -2.16. The lowest BCUT2D eigenvalue weighted by atomic mass is 9.93. The minimum absolute atomic E-state index is 0. The van der Waals surface area contributed by atoms with E-state index in [-0.39, 0.29) is 13.0 Å². The molecule has 168 valence electrons. The van der Waals surface area contributed by atoms with E-state index in [1.165, 1.54) is 12.1 Å². The van der Waals surface area contributed by atoms with Crippen LogP contribution in [0.25, 0.3) is 0 Å². The van der Waals surface area contributed by atoms with Crippen molar-refractivity contribution in [1.29, 1.82) is 0 Å². The summed E-state index contributed by atoms with van der Waals surface area (Å²) in [4.78, 5) is 23.7. The smallest absolute Gasteiger partial charge is 0.338 e. The van der Waals surface area contributed by atoms with Gasteiger partial charge in [0, 0.05) is 22.0 Å². The van der Waals surface area contributed by atoms with Gasteiger partial charge in [0.1, 0.15) is 5.82 Å². The van der Waals surface area contributed by atoms with Gasteiger partial charge in [-0.2, -0.15) is 0 Å². The SMILES string of the molecule is C.C=CCC1CCN(c2cc(Br)ccc2C(=O)O)CC1.O=C(O)c1ccc(Br)cc1F. The summed E-state index contributed by atoms with van der Waals surface area (Å²) >= 11 is 6.43. The van der Waals surface area contributed by atoms with E-state index in [0.29, 0.717) is 16.0 Å². The Kier molecular flexibility index (Phi) is 10.9. The molecule has 0 aliphatic carbocycles. The third-order valence-corrected chi connectivity index (χ3v) is 5.79. The average Bonchev–Trinajstić information content (AvgIpc) is 2.68. The van der Waals surface area contributed by atoms with Crippen molar-refractivity contribution in [1.82, 2.24) is 0 Å². The standard InChI is InChI=1S/C15H18BrNO2.C7H4BrFO2.CH4/c1-2-3-11-6-8-17(9-7-11)14-10-12(16)4-5-13(14)15(18)19;8-4-1-2-5(7(10)11)6(9)3-4;/h2,4-5,10-11H,1,3,6-9H2,(H,18,19);1-3H,(H,10,11);1H4. The Morgan fingerprint density at radius 2 is 1.55 bits per heavy atom. The van der Waals surface area contributed by atoms with Crippen LogP contribution >= 0.6 is 31.9 Å². The van der Waals surface area contributed by atoms with Gasteiger partial charge in [0.2, 0.25) is 0 Å². The Labute approximate surface area is 198 Å². The number of allylic oxidation sites excluding steroid dienone is 1. The van der Waals surface area contributed by atoms with Crippen molar-refractivity contribution in [2.24, 2.45) is 5.92 Å². The van der Waals surface area contributed by atoms with Gasteiger partial charge in [0.25, 0.3) is 0 Å². The molecule has 1 heterocycles. The zero-order valence-electron chi connectivity index (χ0n) is 16.2. The summed E-state index contributed by atoms with van der Waals surface area (Å²) in [6, 6.07) is 9.14. The fourth-order valence-corrected chi connectivity index (χ4v) is 3.94. The van der Waals surface area contributed by atoms with Crippen LogP contribution in [-0.2, 0) is 0 Å². The average molecular weight is 559 g/mol. The first-order valence-electron chi connectivity index (χ1n) is 9.30.